The van der Waals surface area contributed by atoms with E-state index in [0.29, 0.717) is 13.0 Å². The van der Waals surface area contributed by atoms with Crippen LogP contribution in [0.3, 0.4) is 0 Å². The lowest BCUT2D eigenvalue weighted by Gasteiger charge is -2.09. The SMILES string of the molecule is CCNCCC(=O)NCC(O)C(=O)OC. The van der Waals surface area contributed by atoms with E-state index in [0.717, 1.165) is 6.54 Å². The summed E-state index contributed by atoms with van der Waals surface area (Å²) in [6.45, 7) is 3.21. The Kier molecular flexibility index (Phi) is 7.57. The zero-order valence-corrected chi connectivity index (χ0v) is 9.08. The van der Waals surface area contributed by atoms with Crippen LogP contribution in [0, 0.1) is 0 Å². The summed E-state index contributed by atoms with van der Waals surface area (Å²) >= 11 is 0. The van der Waals surface area contributed by atoms with Gasteiger partial charge in [0.25, 0.3) is 0 Å². The minimum absolute atomic E-state index is 0.113. The molecule has 0 radical (unpaired) electrons. The molecule has 0 fully saturated rings. The number of hydrogen-bond donors (Lipinski definition) is 3. The van der Waals surface area contributed by atoms with Gasteiger partial charge < -0.3 is 20.5 Å². The van der Waals surface area contributed by atoms with Crippen molar-refractivity contribution < 1.29 is 19.4 Å². The Balaban J connectivity index is 3.57. The maximum Gasteiger partial charge on any atom is 0.336 e. The van der Waals surface area contributed by atoms with Crippen LogP contribution in [0.25, 0.3) is 0 Å². The van der Waals surface area contributed by atoms with Crippen molar-refractivity contribution in [2.24, 2.45) is 0 Å². The lowest BCUT2D eigenvalue weighted by molar-refractivity contribution is -0.150. The number of aliphatic hydroxyl groups is 1. The number of methoxy groups -OCH3 is 1. The predicted molar refractivity (Wildman–Crippen MR) is 54.2 cm³/mol. The molecule has 1 amide bonds. The van der Waals surface area contributed by atoms with Gasteiger partial charge in [-0.05, 0) is 6.54 Å². The van der Waals surface area contributed by atoms with E-state index in [1.54, 1.807) is 0 Å². The van der Waals surface area contributed by atoms with Crippen molar-refractivity contribution in [2.45, 2.75) is 19.4 Å². The van der Waals surface area contributed by atoms with Crippen molar-refractivity contribution in [1.29, 1.82) is 0 Å². The molecule has 0 aromatic heterocycles. The number of aliphatic hydroxyl groups excluding tert-OH is 1. The zero-order valence-electron chi connectivity index (χ0n) is 9.08. The van der Waals surface area contributed by atoms with Crippen molar-refractivity contribution >= 4 is 11.9 Å². The largest absolute Gasteiger partial charge is 0.467 e. The maximum absolute atomic E-state index is 11.1. The molecule has 1 atom stereocenters. The van der Waals surface area contributed by atoms with Crippen LogP contribution in [0.2, 0.25) is 0 Å². The van der Waals surface area contributed by atoms with Crippen LogP contribution < -0.4 is 10.6 Å². The molecule has 6 nitrogen and oxygen atoms in total. The molecule has 0 saturated heterocycles. The van der Waals surface area contributed by atoms with Crippen LogP contribution in [0.1, 0.15) is 13.3 Å². The van der Waals surface area contributed by atoms with Gasteiger partial charge >= 0.3 is 5.97 Å². The second-order valence-corrected chi connectivity index (χ2v) is 2.95. The number of carbonyl (C=O) groups excluding carboxylic acids is 2. The molecule has 0 aliphatic rings. The van der Waals surface area contributed by atoms with Gasteiger partial charge in [-0.1, -0.05) is 6.92 Å². The normalized spacial score (nSPS) is 11.9. The fourth-order valence-electron chi connectivity index (χ4n) is 0.897. The molecule has 0 aliphatic heterocycles. The number of carbonyl (C=O) groups is 2. The summed E-state index contributed by atoms with van der Waals surface area (Å²) in [5.41, 5.74) is 0. The van der Waals surface area contributed by atoms with Crippen LogP contribution in [0.15, 0.2) is 0 Å². The number of amides is 1. The third kappa shape index (κ3) is 6.87. The first-order valence-corrected chi connectivity index (χ1v) is 4.85. The molecule has 0 aromatic rings. The second-order valence-electron chi connectivity index (χ2n) is 2.95. The third-order valence-corrected chi connectivity index (χ3v) is 1.74. The van der Waals surface area contributed by atoms with Gasteiger partial charge in [-0.15, -0.1) is 0 Å². The van der Waals surface area contributed by atoms with Crippen molar-refractivity contribution in [2.75, 3.05) is 26.7 Å². The summed E-state index contributed by atoms with van der Waals surface area (Å²) in [6.07, 6.45) is -0.972. The average molecular weight is 218 g/mol. The first kappa shape index (κ1) is 13.9. The van der Waals surface area contributed by atoms with Crippen LogP contribution in [0.4, 0.5) is 0 Å². The minimum Gasteiger partial charge on any atom is -0.467 e. The van der Waals surface area contributed by atoms with E-state index in [1.165, 1.54) is 7.11 Å². The number of esters is 1. The molecule has 0 spiro atoms. The van der Waals surface area contributed by atoms with E-state index in [1.807, 2.05) is 6.92 Å². The Bertz CT molecular complexity index is 208. The molecule has 3 N–H and O–H groups in total. The Hall–Kier alpha value is -1.14. The number of rotatable bonds is 7. The summed E-state index contributed by atoms with van der Waals surface area (Å²) in [7, 11) is 1.18. The van der Waals surface area contributed by atoms with Crippen LogP contribution in [0.5, 0.6) is 0 Å². The lowest BCUT2D eigenvalue weighted by Crippen LogP contribution is -2.38. The van der Waals surface area contributed by atoms with Crippen molar-refractivity contribution in [3.63, 3.8) is 0 Å². The first-order valence-electron chi connectivity index (χ1n) is 4.85. The third-order valence-electron chi connectivity index (χ3n) is 1.74. The molecule has 0 heterocycles. The van der Waals surface area contributed by atoms with Crippen molar-refractivity contribution in [1.82, 2.24) is 10.6 Å². The number of ether oxygens (including phenoxy) is 1. The standard InChI is InChI=1S/C9H18N2O4/c1-3-10-5-4-8(13)11-6-7(12)9(14)15-2/h7,10,12H,3-6H2,1-2H3,(H,11,13). The van der Waals surface area contributed by atoms with Gasteiger partial charge in [0.05, 0.1) is 13.7 Å². The minimum atomic E-state index is -1.29. The fraction of sp³-hybridized carbons (Fsp3) is 0.778. The van der Waals surface area contributed by atoms with E-state index in [-0.39, 0.29) is 12.5 Å². The highest BCUT2D eigenvalue weighted by atomic mass is 16.5. The monoisotopic (exact) mass is 218 g/mol. The Labute approximate surface area is 89.0 Å². The van der Waals surface area contributed by atoms with Gasteiger partial charge in [0.15, 0.2) is 6.10 Å². The molecule has 0 saturated carbocycles. The zero-order chi connectivity index (χ0) is 11.7. The van der Waals surface area contributed by atoms with Crippen LogP contribution >= 0.6 is 0 Å². The molecule has 0 rings (SSSR count). The summed E-state index contributed by atoms with van der Waals surface area (Å²) in [5.74, 6) is -0.958. The van der Waals surface area contributed by atoms with Gasteiger partial charge in [-0.25, -0.2) is 4.79 Å². The van der Waals surface area contributed by atoms with Crippen molar-refractivity contribution in [3.05, 3.63) is 0 Å². The van der Waals surface area contributed by atoms with Gasteiger partial charge in [0.2, 0.25) is 5.91 Å². The number of hydrogen-bond acceptors (Lipinski definition) is 5. The van der Waals surface area contributed by atoms with E-state index >= 15 is 0 Å². The topological polar surface area (TPSA) is 87.7 Å². The van der Waals surface area contributed by atoms with Crippen LogP contribution in [-0.4, -0.2) is 49.8 Å². The van der Waals surface area contributed by atoms with E-state index < -0.39 is 12.1 Å². The van der Waals surface area contributed by atoms with Crippen LogP contribution in [-0.2, 0) is 14.3 Å². The maximum atomic E-state index is 11.1. The van der Waals surface area contributed by atoms with Gasteiger partial charge in [0.1, 0.15) is 0 Å². The highest BCUT2D eigenvalue weighted by molar-refractivity contribution is 5.78. The summed E-state index contributed by atoms with van der Waals surface area (Å²) in [4.78, 5) is 21.9. The molecular formula is C9H18N2O4. The molecule has 0 bridgehead atoms. The molecule has 1 unspecified atom stereocenters. The number of nitrogens with one attached hydrogen (secondary N) is 2. The van der Waals surface area contributed by atoms with E-state index in [9.17, 15) is 9.59 Å². The highest BCUT2D eigenvalue weighted by Gasteiger charge is 2.15. The molecule has 15 heavy (non-hydrogen) atoms. The lowest BCUT2D eigenvalue weighted by atomic mass is 10.3. The van der Waals surface area contributed by atoms with Gasteiger partial charge in [0, 0.05) is 13.0 Å². The Morgan fingerprint density at radius 1 is 1.47 bits per heavy atom. The molecule has 0 aromatic carbocycles. The summed E-state index contributed by atoms with van der Waals surface area (Å²) < 4.78 is 4.29. The average Bonchev–Trinajstić information content (AvgIpc) is 2.25. The predicted octanol–water partition coefficient (Wildman–Crippen LogP) is -1.36. The highest BCUT2D eigenvalue weighted by Crippen LogP contribution is 1.85. The molecule has 6 heteroatoms. The van der Waals surface area contributed by atoms with E-state index in [2.05, 4.69) is 15.4 Å². The van der Waals surface area contributed by atoms with Gasteiger partial charge in [-0.2, -0.15) is 0 Å². The molecule has 88 valence electrons. The molecular weight excluding hydrogens is 200 g/mol. The Morgan fingerprint density at radius 2 is 2.13 bits per heavy atom. The second kappa shape index (κ2) is 8.19. The Morgan fingerprint density at radius 3 is 2.67 bits per heavy atom. The summed E-state index contributed by atoms with van der Waals surface area (Å²) in [5, 5.41) is 14.5. The van der Waals surface area contributed by atoms with Gasteiger partial charge in [-0.3, -0.25) is 4.79 Å². The smallest absolute Gasteiger partial charge is 0.336 e. The first-order chi connectivity index (χ1) is 7.11. The van der Waals surface area contributed by atoms with Crippen molar-refractivity contribution in [3.8, 4) is 0 Å². The summed E-state index contributed by atoms with van der Waals surface area (Å²) in [6, 6.07) is 0. The quantitative estimate of drug-likeness (QED) is 0.363. The van der Waals surface area contributed by atoms with E-state index in [4.69, 9.17) is 5.11 Å². The fourth-order valence-corrected chi connectivity index (χ4v) is 0.897. The molecule has 0 aliphatic carbocycles.